The van der Waals surface area contributed by atoms with Gasteiger partial charge in [0.2, 0.25) is 5.91 Å². The summed E-state index contributed by atoms with van der Waals surface area (Å²) in [6.45, 7) is 1.90. The molecule has 18 heavy (non-hydrogen) atoms. The van der Waals surface area contributed by atoms with Gasteiger partial charge in [0.05, 0.1) is 7.11 Å². The van der Waals surface area contributed by atoms with Gasteiger partial charge in [-0.15, -0.1) is 0 Å². The fourth-order valence-corrected chi connectivity index (χ4v) is 1.15. The lowest BCUT2D eigenvalue weighted by atomic mass is 10.1. The lowest BCUT2D eigenvalue weighted by Crippen LogP contribution is -2.42. The first-order valence-electron chi connectivity index (χ1n) is 5.25. The Morgan fingerprint density at radius 1 is 1.11 bits per heavy atom. The SMILES string of the molecule is COC(=O)CC(=O)NNC(=O)c1ccc(C)cc1. The zero-order valence-electron chi connectivity index (χ0n) is 10.1. The topological polar surface area (TPSA) is 84.5 Å². The zero-order chi connectivity index (χ0) is 13.5. The number of hydrogen-bond donors (Lipinski definition) is 2. The van der Waals surface area contributed by atoms with E-state index in [1.165, 1.54) is 7.11 Å². The van der Waals surface area contributed by atoms with Crippen LogP contribution < -0.4 is 10.9 Å². The number of hydrogen-bond acceptors (Lipinski definition) is 4. The molecule has 96 valence electrons. The van der Waals surface area contributed by atoms with E-state index in [9.17, 15) is 14.4 Å². The third kappa shape index (κ3) is 4.25. The van der Waals surface area contributed by atoms with E-state index in [1.807, 2.05) is 6.92 Å². The Hall–Kier alpha value is -2.37. The van der Waals surface area contributed by atoms with Crippen LogP contribution in [-0.4, -0.2) is 24.9 Å². The van der Waals surface area contributed by atoms with Gasteiger partial charge in [-0.1, -0.05) is 17.7 Å². The molecular formula is C12H14N2O4. The first-order valence-corrected chi connectivity index (χ1v) is 5.25. The van der Waals surface area contributed by atoms with Gasteiger partial charge in [-0.25, -0.2) is 0 Å². The van der Waals surface area contributed by atoms with Crippen LogP contribution in [0.4, 0.5) is 0 Å². The summed E-state index contributed by atoms with van der Waals surface area (Å²) in [5.74, 6) is -1.76. The molecular weight excluding hydrogens is 236 g/mol. The summed E-state index contributed by atoms with van der Waals surface area (Å²) in [6, 6.07) is 6.84. The Labute approximate surface area is 104 Å². The molecule has 0 heterocycles. The van der Waals surface area contributed by atoms with Crippen molar-refractivity contribution in [2.75, 3.05) is 7.11 Å². The number of carbonyl (C=O) groups excluding carboxylic acids is 3. The molecule has 2 N–H and O–H groups in total. The van der Waals surface area contributed by atoms with E-state index in [1.54, 1.807) is 24.3 Å². The summed E-state index contributed by atoms with van der Waals surface area (Å²) in [4.78, 5) is 33.5. The van der Waals surface area contributed by atoms with Crippen molar-refractivity contribution >= 4 is 17.8 Å². The molecule has 1 rings (SSSR count). The highest BCUT2D eigenvalue weighted by atomic mass is 16.5. The Kier molecular flexibility index (Phi) is 4.86. The number of nitrogens with one attached hydrogen (secondary N) is 2. The van der Waals surface area contributed by atoms with E-state index in [-0.39, 0.29) is 0 Å². The number of benzene rings is 1. The van der Waals surface area contributed by atoms with Gasteiger partial charge in [0.15, 0.2) is 0 Å². The van der Waals surface area contributed by atoms with Gasteiger partial charge < -0.3 is 4.74 Å². The van der Waals surface area contributed by atoms with Crippen LogP contribution in [0.3, 0.4) is 0 Å². The van der Waals surface area contributed by atoms with E-state index >= 15 is 0 Å². The molecule has 0 bridgehead atoms. The average Bonchev–Trinajstić information content (AvgIpc) is 2.36. The molecule has 1 aromatic carbocycles. The molecule has 6 nitrogen and oxygen atoms in total. The van der Waals surface area contributed by atoms with Crippen LogP contribution in [-0.2, 0) is 14.3 Å². The molecule has 0 saturated carbocycles. The van der Waals surface area contributed by atoms with Crippen LogP contribution in [0.1, 0.15) is 22.3 Å². The van der Waals surface area contributed by atoms with E-state index in [0.717, 1.165) is 5.56 Å². The van der Waals surface area contributed by atoms with Gasteiger partial charge >= 0.3 is 5.97 Å². The predicted molar refractivity (Wildman–Crippen MR) is 63.4 cm³/mol. The number of amides is 2. The second kappa shape index (κ2) is 6.39. The van der Waals surface area contributed by atoms with Gasteiger partial charge in [-0.2, -0.15) is 0 Å². The molecule has 0 saturated heterocycles. The summed E-state index contributed by atoms with van der Waals surface area (Å²) in [6.07, 6.45) is -0.440. The molecule has 2 amide bonds. The van der Waals surface area contributed by atoms with Gasteiger partial charge in [-0.3, -0.25) is 25.2 Å². The first-order chi connectivity index (χ1) is 8.52. The summed E-state index contributed by atoms with van der Waals surface area (Å²) in [7, 11) is 1.18. The maximum atomic E-state index is 11.6. The highest BCUT2D eigenvalue weighted by Crippen LogP contribution is 2.02. The van der Waals surface area contributed by atoms with Crippen molar-refractivity contribution in [3.63, 3.8) is 0 Å². The number of rotatable bonds is 3. The number of aryl methyl sites for hydroxylation is 1. The Morgan fingerprint density at radius 2 is 1.72 bits per heavy atom. The van der Waals surface area contributed by atoms with E-state index in [4.69, 9.17) is 0 Å². The summed E-state index contributed by atoms with van der Waals surface area (Å²) >= 11 is 0. The van der Waals surface area contributed by atoms with Crippen molar-refractivity contribution in [1.29, 1.82) is 0 Å². The minimum atomic E-state index is -0.669. The van der Waals surface area contributed by atoms with Crippen LogP contribution >= 0.6 is 0 Å². The molecule has 0 fully saturated rings. The van der Waals surface area contributed by atoms with Crippen LogP contribution in [0.2, 0.25) is 0 Å². The van der Waals surface area contributed by atoms with Crippen molar-refractivity contribution in [3.8, 4) is 0 Å². The maximum Gasteiger partial charge on any atom is 0.315 e. The van der Waals surface area contributed by atoms with Crippen molar-refractivity contribution < 1.29 is 19.1 Å². The highest BCUT2D eigenvalue weighted by Gasteiger charge is 2.10. The highest BCUT2D eigenvalue weighted by molar-refractivity contribution is 5.98. The summed E-state index contributed by atoms with van der Waals surface area (Å²) < 4.78 is 4.31. The van der Waals surface area contributed by atoms with Crippen molar-refractivity contribution in [1.82, 2.24) is 10.9 Å². The Morgan fingerprint density at radius 3 is 2.28 bits per heavy atom. The van der Waals surface area contributed by atoms with Gasteiger partial charge in [0.25, 0.3) is 5.91 Å². The third-order valence-electron chi connectivity index (χ3n) is 2.16. The quantitative estimate of drug-likeness (QED) is 0.459. The van der Waals surface area contributed by atoms with Crippen molar-refractivity contribution in [2.45, 2.75) is 13.3 Å². The van der Waals surface area contributed by atoms with Gasteiger partial charge in [-0.05, 0) is 19.1 Å². The second-order valence-electron chi connectivity index (χ2n) is 3.62. The van der Waals surface area contributed by atoms with Crippen molar-refractivity contribution in [2.24, 2.45) is 0 Å². The third-order valence-corrected chi connectivity index (χ3v) is 2.16. The fourth-order valence-electron chi connectivity index (χ4n) is 1.15. The fraction of sp³-hybridized carbons (Fsp3) is 0.250. The van der Waals surface area contributed by atoms with Crippen LogP contribution in [0.5, 0.6) is 0 Å². The molecule has 0 aliphatic heterocycles. The molecule has 6 heteroatoms. The van der Waals surface area contributed by atoms with E-state index in [2.05, 4.69) is 15.6 Å². The minimum Gasteiger partial charge on any atom is -0.469 e. The minimum absolute atomic E-state index is 0.416. The van der Waals surface area contributed by atoms with Crippen molar-refractivity contribution in [3.05, 3.63) is 35.4 Å². The van der Waals surface area contributed by atoms with Crippen LogP contribution in [0.15, 0.2) is 24.3 Å². The maximum absolute atomic E-state index is 11.6. The lowest BCUT2D eigenvalue weighted by molar-refractivity contribution is -0.144. The molecule has 0 aliphatic carbocycles. The average molecular weight is 250 g/mol. The standard InChI is InChI=1S/C12H14N2O4/c1-8-3-5-9(6-4-8)12(17)14-13-10(15)7-11(16)18-2/h3-6H,7H2,1-2H3,(H,13,15)(H,14,17). The number of hydrazine groups is 1. The Bertz CT molecular complexity index is 454. The van der Waals surface area contributed by atoms with E-state index < -0.39 is 24.2 Å². The number of esters is 1. The lowest BCUT2D eigenvalue weighted by Gasteiger charge is -2.06. The molecule has 0 aliphatic rings. The summed E-state index contributed by atoms with van der Waals surface area (Å²) in [5, 5.41) is 0. The zero-order valence-corrected chi connectivity index (χ0v) is 10.1. The smallest absolute Gasteiger partial charge is 0.315 e. The molecule has 0 unspecified atom stereocenters. The largest absolute Gasteiger partial charge is 0.469 e. The number of carbonyl (C=O) groups is 3. The number of ether oxygens (including phenoxy) is 1. The van der Waals surface area contributed by atoms with Gasteiger partial charge in [0.1, 0.15) is 6.42 Å². The molecule has 0 aromatic heterocycles. The summed E-state index contributed by atoms with van der Waals surface area (Å²) in [5.41, 5.74) is 5.77. The monoisotopic (exact) mass is 250 g/mol. The molecule has 0 spiro atoms. The Balaban J connectivity index is 2.44. The predicted octanol–water partition coefficient (Wildman–Crippen LogP) is 0.319. The first kappa shape index (κ1) is 13.7. The molecule has 0 atom stereocenters. The van der Waals surface area contributed by atoms with Crippen LogP contribution in [0, 0.1) is 6.92 Å². The molecule has 1 aromatic rings. The van der Waals surface area contributed by atoms with E-state index in [0.29, 0.717) is 5.56 Å². The second-order valence-corrected chi connectivity index (χ2v) is 3.62. The van der Waals surface area contributed by atoms with Gasteiger partial charge in [0, 0.05) is 5.56 Å². The number of methoxy groups -OCH3 is 1. The normalized spacial score (nSPS) is 9.44. The molecule has 0 radical (unpaired) electrons. The van der Waals surface area contributed by atoms with Crippen LogP contribution in [0.25, 0.3) is 0 Å².